The van der Waals surface area contributed by atoms with Gasteiger partial charge in [-0.2, -0.15) is 0 Å². The van der Waals surface area contributed by atoms with E-state index in [9.17, 15) is 4.39 Å². The summed E-state index contributed by atoms with van der Waals surface area (Å²) in [4.78, 5) is 0. The van der Waals surface area contributed by atoms with Gasteiger partial charge in [-0.3, -0.25) is 0 Å². The molecule has 1 aliphatic carbocycles. The third kappa shape index (κ3) is 4.23. The molecule has 1 aromatic carbocycles. The first-order valence-electron chi connectivity index (χ1n) is 7.76. The normalized spacial score (nSPS) is 26.2. The van der Waals surface area contributed by atoms with Gasteiger partial charge in [-0.05, 0) is 42.9 Å². The van der Waals surface area contributed by atoms with Crippen LogP contribution in [0.3, 0.4) is 0 Å². The molecule has 1 nitrogen and oxygen atoms in total. The Morgan fingerprint density at radius 2 is 2.20 bits per heavy atom. The van der Waals surface area contributed by atoms with Crippen molar-refractivity contribution in [3.63, 3.8) is 0 Å². The van der Waals surface area contributed by atoms with Crippen molar-refractivity contribution in [3.8, 4) is 0 Å². The zero-order valence-electron chi connectivity index (χ0n) is 12.5. The van der Waals surface area contributed by atoms with E-state index < -0.39 is 0 Å². The maximum absolute atomic E-state index is 13.5. The SMILES string of the molecule is CCC(N)C(SC1CCCC(C)C1)c1cccc(F)c1. The summed E-state index contributed by atoms with van der Waals surface area (Å²) >= 11 is 1.97. The molecular weight excluding hydrogens is 269 g/mol. The van der Waals surface area contributed by atoms with Crippen LogP contribution in [0.2, 0.25) is 0 Å². The molecule has 2 rings (SSSR count). The van der Waals surface area contributed by atoms with Crippen LogP contribution in [-0.2, 0) is 0 Å². The van der Waals surface area contributed by atoms with Gasteiger partial charge in [-0.15, -0.1) is 11.8 Å². The molecule has 0 radical (unpaired) electrons. The van der Waals surface area contributed by atoms with Gasteiger partial charge < -0.3 is 5.73 Å². The Hall–Kier alpha value is -0.540. The van der Waals surface area contributed by atoms with Gasteiger partial charge in [0, 0.05) is 16.5 Å². The van der Waals surface area contributed by atoms with E-state index >= 15 is 0 Å². The Balaban J connectivity index is 2.11. The fourth-order valence-electron chi connectivity index (χ4n) is 3.03. The molecule has 0 saturated heterocycles. The van der Waals surface area contributed by atoms with E-state index in [2.05, 4.69) is 13.8 Å². The molecular formula is C17H26FNS. The molecule has 20 heavy (non-hydrogen) atoms. The zero-order chi connectivity index (χ0) is 14.5. The number of nitrogens with two attached hydrogens (primary N) is 1. The van der Waals surface area contributed by atoms with Crippen LogP contribution >= 0.6 is 11.8 Å². The molecule has 0 aliphatic heterocycles. The second-order valence-corrected chi connectivity index (χ2v) is 7.52. The Morgan fingerprint density at radius 1 is 1.40 bits per heavy atom. The van der Waals surface area contributed by atoms with Crippen LogP contribution in [0.4, 0.5) is 4.39 Å². The average molecular weight is 295 g/mol. The largest absolute Gasteiger partial charge is 0.326 e. The minimum Gasteiger partial charge on any atom is -0.326 e. The molecule has 1 aliphatic rings. The van der Waals surface area contributed by atoms with Gasteiger partial charge in [0.15, 0.2) is 0 Å². The summed E-state index contributed by atoms with van der Waals surface area (Å²) in [6, 6.07) is 7.07. The number of hydrogen-bond acceptors (Lipinski definition) is 2. The van der Waals surface area contributed by atoms with Gasteiger partial charge in [0.25, 0.3) is 0 Å². The smallest absolute Gasteiger partial charge is 0.123 e. The van der Waals surface area contributed by atoms with Crippen molar-refractivity contribution in [2.75, 3.05) is 0 Å². The summed E-state index contributed by atoms with van der Waals surface area (Å²) < 4.78 is 13.5. The second-order valence-electron chi connectivity index (χ2n) is 6.08. The van der Waals surface area contributed by atoms with E-state index in [1.54, 1.807) is 12.1 Å². The summed E-state index contributed by atoms with van der Waals surface area (Å²) in [7, 11) is 0. The summed E-state index contributed by atoms with van der Waals surface area (Å²) in [6.45, 7) is 4.45. The fraction of sp³-hybridized carbons (Fsp3) is 0.647. The van der Waals surface area contributed by atoms with Gasteiger partial charge in [0.05, 0.1) is 0 Å². The van der Waals surface area contributed by atoms with Crippen molar-refractivity contribution in [1.82, 2.24) is 0 Å². The fourth-order valence-corrected chi connectivity index (χ4v) is 4.89. The van der Waals surface area contributed by atoms with Crippen LogP contribution in [0.25, 0.3) is 0 Å². The van der Waals surface area contributed by atoms with Crippen LogP contribution in [-0.4, -0.2) is 11.3 Å². The quantitative estimate of drug-likeness (QED) is 0.834. The van der Waals surface area contributed by atoms with Crippen LogP contribution in [0, 0.1) is 11.7 Å². The maximum Gasteiger partial charge on any atom is 0.123 e. The first kappa shape index (κ1) is 15.8. The number of rotatable bonds is 5. The first-order chi connectivity index (χ1) is 9.60. The minimum atomic E-state index is -0.159. The van der Waals surface area contributed by atoms with Gasteiger partial charge in [0.2, 0.25) is 0 Å². The Morgan fingerprint density at radius 3 is 2.85 bits per heavy atom. The van der Waals surface area contributed by atoms with E-state index in [-0.39, 0.29) is 17.1 Å². The highest BCUT2D eigenvalue weighted by Gasteiger charge is 2.27. The number of benzene rings is 1. The Bertz CT molecular complexity index is 423. The molecule has 0 spiro atoms. The molecule has 3 heteroatoms. The average Bonchev–Trinajstić information content (AvgIpc) is 2.44. The number of halogens is 1. The predicted molar refractivity (Wildman–Crippen MR) is 86.4 cm³/mol. The molecule has 1 saturated carbocycles. The third-order valence-electron chi connectivity index (χ3n) is 4.26. The summed E-state index contributed by atoms with van der Waals surface area (Å²) in [5.41, 5.74) is 7.35. The second kappa shape index (κ2) is 7.46. The number of thioether (sulfide) groups is 1. The third-order valence-corrected chi connectivity index (χ3v) is 5.99. The highest BCUT2D eigenvalue weighted by molar-refractivity contribution is 8.00. The molecule has 1 fully saturated rings. The monoisotopic (exact) mass is 295 g/mol. The van der Waals surface area contributed by atoms with Crippen molar-refractivity contribution in [1.29, 1.82) is 0 Å². The van der Waals surface area contributed by atoms with Crippen LogP contribution in [0.5, 0.6) is 0 Å². The standard InChI is InChI=1S/C17H26FNS/c1-3-16(19)17(13-7-5-8-14(18)11-13)20-15-9-4-6-12(2)10-15/h5,7-8,11-12,15-17H,3-4,6,9-10,19H2,1-2H3. The number of hydrogen-bond donors (Lipinski definition) is 1. The molecule has 2 N–H and O–H groups in total. The Labute approximate surface area is 126 Å². The summed E-state index contributed by atoms with van der Waals surface area (Å²) in [5, 5.41) is 0.885. The van der Waals surface area contributed by atoms with E-state index in [1.807, 2.05) is 17.8 Å². The van der Waals surface area contributed by atoms with E-state index in [0.29, 0.717) is 5.25 Å². The molecule has 4 unspecified atom stereocenters. The van der Waals surface area contributed by atoms with Gasteiger partial charge in [0.1, 0.15) is 5.82 Å². The lowest BCUT2D eigenvalue weighted by molar-refractivity contribution is 0.393. The van der Waals surface area contributed by atoms with Crippen molar-refractivity contribution in [3.05, 3.63) is 35.6 Å². The van der Waals surface area contributed by atoms with Gasteiger partial charge in [-0.25, -0.2) is 4.39 Å². The predicted octanol–water partition coefficient (Wildman–Crippen LogP) is 4.92. The summed E-state index contributed by atoms with van der Waals surface area (Å²) in [6.07, 6.45) is 6.14. The highest BCUT2D eigenvalue weighted by atomic mass is 32.2. The zero-order valence-corrected chi connectivity index (χ0v) is 13.3. The molecule has 1 aromatic rings. The maximum atomic E-state index is 13.5. The lowest BCUT2D eigenvalue weighted by Crippen LogP contribution is -2.28. The summed E-state index contributed by atoms with van der Waals surface area (Å²) in [5.74, 6) is 0.653. The van der Waals surface area contributed by atoms with Crippen molar-refractivity contribution in [2.24, 2.45) is 11.7 Å². The van der Waals surface area contributed by atoms with Crippen LogP contribution < -0.4 is 5.73 Å². The first-order valence-corrected chi connectivity index (χ1v) is 8.71. The van der Waals surface area contributed by atoms with Crippen LogP contribution in [0.1, 0.15) is 56.8 Å². The van der Waals surface area contributed by atoms with Gasteiger partial charge in [-0.1, -0.05) is 38.8 Å². The lowest BCUT2D eigenvalue weighted by atomic mass is 9.90. The minimum absolute atomic E-state index is 0.0963. The van der Waals surface area contributed by atoms with Crippen molar-refractivity contribution < 1.29 is 4.39 Å². The molecule has 0 amide bonds. The topological polar surface area (TPSA) is 26.0 Å². The van der Waals surface area contributed by atoms with E-state index in [1.165, 1.54) is 31.7 Å². The lowest BCUT2D eigenvalue weighted by Gasteiger charge is -2.32. The van der Waals surface area contributed by atoms with Gasteiger partial charge >= 0.3 is 0 Å². The molecule has 112 valence electrons. The van der Waals surface area contributed by atoms with Crippen molar-refractivity contribution in [2.45, 2.75) is 62.5 Å². The highest BCUT2D eigenvalue weighted by Crippen LogP contribution is 2.42. The Kier molecular flexibility index (Phi) is 5.91. The molecule has 4 atom stereocenters. The molecule has 0 aromatic heterocycles. The van der Waals surface area contributed by atoms with Crippen molar-refractivity contribution >= 4 is 11.8 Å². The van der Waals surface area contributed by atoms with E-state index in [4.69, 9.17) is 5.73 Å². The molecule has 0 bridgehead atoms. The van der Waals surface area contributed by atoms with Crippen LogP contribution in [0.15, 0.2) is 24.3 Å². The molecule has 0 heterocycles. The van der Waals surface area contributed by atoms with E-state index in [0.717, 1.165) is 17.9 Å².